The van der Waals surface area contributed by atoms with Crippen LogP contribution in [0.15, 0.2) is 59.1 Å². The Kier molecular flexibility index (Phi) is 6.69. The molecule has 6 heteroatoms. The quantitative estimate of drug-likeness (QED) is 0.605. The van der Waals surface area contributed by atoms with Crippen molar-refractivity contribution in [1.29, 1.82) is 0 Å². The first kappa shape index (κ1) is 17.9. The van der Waals surface area contributed by atoms with Gasteiger partial charge in [0.1, 0.15) is 5.82 Å². The van der Waals surface area contributed by atoms with Crippen LogP contribution >= 0.6 is 15.9 Å². The largest absolute Gasteiger partial charge is 0.452 e. The molecule has 0 aliphatic heterocycles. The van der Waals surface area contributed by atoms with Crippen LogP contribution < -0.4 is 5.32 Å². The van der Waals surface area contributed by atoms with Crippen molar-refractivity contribution in [2.24, 2.45) is 0 Å². The maximum atomic E-state index is 12.8. The van der Waals surface area contributed by atoms with Gasteiger partial charge < -0.3 is 10.1 Å². The van der Waals surface area contributed by atoms with Crippen LogP contribution in [0.3, 0.4) is 0 Å². The van der Waals surface area contributed by atoms with Crippen LogP contribution in [0.25, 0.3) is 6.08 Å². The van der Waals surface area contributed by atoms with Crippen LogP contribution in [0.5, 0.6) is 0 Å². The summed E-state index contributed by atoms with van der Waals surface area (Å²) < 4.78 is 18.6. The van der Waals surface area contributed by atoms with Crippen LogP contribution in [-0.4, -0.2) is 18.5 Å². The molecule has 1 N–H and O–H groups in total. The van der Waals surface area contributed by atoms with E-state index in [2.05, 4.69) is 21.2 Å². The van der Waals surface area contributed by atoms with Gasteiger partial charge in [0, 0.05) is 17.1 Å². The van der Waals surface area contributed by atoms with Gasteiger partial charge in [-0.25, -0.2) is 9.18 Å². The van der Waals surface area contributed by atoms with Crippen molar-refractivity contribution in [2.75, 3.05) is 6.61 Å². The van der Waals surface area contributed by atoms with Gasteiger partial charge in [-0.1, -0.05) is 40.2 Å². The molecule has 2 rings (SSSR count). The minimum Gasteiger partial charge on any atom is -0.452 e. The van der Waals surface area contributed by atoms with Gasteiger partial charge in [-0.3, -0.25) is 4.79 Å². The lowest BCUT2D eigenvalue weighted by Crippen LogP contribution is -2.28. The van der Waals surface area contributed by atoms with E-state index in [4.69, 9.17) is 4.74 Å². The first-order chi connectivity index (χ1) is 11.5. The Balaban J connectivity index is 1.71. The molecular weight excluding hydrogens is 377 g/mol. The molecule has 0 aliphatic rings. The smallest absolute Gasteiger partial charge is 0.331 e. The Hall–Kier alpha value is -2.47. The third kappa shape index (κ3) is 6.34. The summed E-state index contributed by atoms with van der Waals surface area (Å²) >= 11 is 3.32. The molecule has 0 bridgehead atoms. The zero-order valence-electron chi connectivity index (χ0n) is 12.7. The molecule has 2 aromatic carbocycles. The van der Waals surface area contributed by atoms with Crippen LogP contribution in [0.2, 0.25) is 0 Å². The Morgan fingerprint density at radius 2 is 1.75 bits per heavy atom. The molecule has 0 aromatic heterocycles. The molecule has 1 amide bonds. The molecule has 0 atom stereocenters. The summed E-state index contributed by atoms with van der Waals surface area (Å²) in [5, 5.41) is 2.59. The molecule has 0 fully saturated rings. The fourth-order valence-electron chi connectivity index (χ4n) is 1.78. The molecular formula is C18H15BrFNO3. The van der Waals surface area contributed by atoms with Crippen molar-refractivity contribution in [1.82, 2.24) is 5.32 Å². The molecule has 0 radical (unpaired) electrons. The molecule has 2 aromatic rings. The van der Waals surface area contributed by atoms with Crippen LogP contribution in [0.1, 0.15) is 11.1 Å². The number of hydrogen-bond donors (Lipinski definition) is 1. The Morgan fingerprint density at radius 1 is 1.08 bits per heavy atom. The van der Waals surface area contributed by atoms with E-state index in [9.17, 15) is 14.0 Å². The van der Waals surface area contributed by atoms with E-state index in [-0.39, 0.29) is 19.0 Å². The molecule has 0 saturated carbocycles. The fourth-order valence-corrected chi connectivity index (χ4v) is 2.04. The summed E-state index contributed by atoms with van der Waals surface area (Å²) in [4.78, 5) is 23.2. The van der Waals surface area contributed by atoms with E-state index >= 15 is 0 Å². The minimum atomic E-state index is -0.602. The molecule has 24 heavy (non-hydrogen) atoms. The number of ether oxygens (including phenoxy) is 1. The second-order valence-electron chi connectivity index (χ2n) is 4.90. The first-order valence-electron chi connectivity index (χ1n) is 7.14. The lowest BCUT2D eigenvalue weighted by Gasteiger charge is -2.05. The summed E-state index contributed by atoms with van der Waals surface area (Å²) in [6.07, 6.45) is 2.86. The van der Waals surface area contributed by atoms with Gasteiger partial charge in [-0.05, 0) is 41.5 Å². The van der Waals surface area contributed by atoms with E-state index < -0.39 is 11.9 Å². The summed E-state index contributed by atoms with van der Waals surface area (Å²) in [5.41, 5.74) is 1.60. The molecule has 4 nitrogen and oxygen atoms in total. The predicted molar refractivity (Wildman–Crippen MR) is 92.4 cm³/mol. The molecule has 0 aliphatic carbocycles. The van der Waals surface area contributed by atoms with Gasteiger partial charge in [0.15, 0.2) is 6.61 Å². The summed E-state index contributed by atoms with van der Waals surface area (Å²) in [5.74, 6) is -1.36. The van der Waals surface area contributed by atoms with Crippen molar-refractivity contribution in [3.63, 3.8) is 0 Å². The minimum absolute atomic E-state index is 0.241. The number of amides is 1. The van der Waals surface area contributed by atoms with Gasteiger partial charge in [0.25, 0.3) is 5.91 Å². The number of nitrogens with one attached hydrogen (secondary N) is 1. The molecule has 0 spiro atoms. The highest BCUT2D eigenvalue weighted by Crippen LogP contribution is 2.11. The Bertz CT molecular complexity index is 727. The fraction of sp³-hybridized carbons (Fsp3) is 0.111. The average Bonchev–Trinajstić information content (AvgIpc) is 2.59. The van der Waals surface area contributed by atoms with Gasteiger partial charge >= 0.3 is 5.97 Å². The highest BCUT2D eigenvalue weighted by molar-refractivity contribution is 9.10. The first-order valence-corrected chi connectivity index (χ1v) is 7.94. The number of carbonyl (C=O) groups excluding carboxylic acids is 2. The highest BCUT2D eigenvalue weighted by Gasteiger charge is 2.05. The van der Waals surface area contributed by atoms with E-state index in [1.807, 2.05) is 24.3 Å². The van der Waals surface area contributed by atoms with E-state index in [0.717, 1.165) is 15.6 Å². The number of halogens is 2. The van der Waals surface area contributed by atoms with Crippen molar-refractivity contribution in [3.05, 3.63) is 76.0 Å². The summed E-state index contributed by atoms with van der Waals surface area (Å²) in [6, 6.07) is 13.2. The normalized spacial score (nSPS) is 10.6. The number of benzene rings is 2. The Morgan fingerprint density at radius 3 is 2.42 bits per heavy atom. The predicted octanol–water partition coefficient (Wildman–Crippen LogP) is 3.46. The summed E-state index contributed by atoms with van der Waals surface area (Å²) in [6.45, 7) is -0.129. The van der Waals surface area contributed by atoms with E-state index in [1.165, 1.54) is 18.2 Å². The monoisotopic (exact) mass is 391 g/mol. The lowest BCUT2D eigenvalue weighted by molar-refractivity contribution is -0.143. The zero-order chi connectivity index (χ0) is 17.4. The second kappa shape index (κ2) is 8.98. The Labute approximate surface area is 147 Å². The van der Waals surface area contributed by atoms with E-state index in [0.29, 0.717) is 0 Å². The van der Waals surface area contributed by atoms with Gasteiger partial charge in [0.2, 0.25) is 0 Å². The maximum Gasteiger partial charge on any atom is 0.331 e. The number of hydrogen-bond acceptors (Lipinski definition) is 3. The van der Waals surface area contributed by atoms with Crippen LogP contribution in [0.4, 0.5) is 4.39 Å². The second-order valence-corrected chi connectivity index (χ2v) is 5.81. The number of esters is 1. The number of rotatable bonds is 6. The third-order valence-electron chi connectivity index (χ3n) is 3.03. The zero-order valence-corrected chi connectivity index (χ0v) is 14.3. The standard InChI is InChI=1S/C18H15BrFNO3/c19-15-6-1-13(2-7-15)5-10-18(23)24-12-17(22)21-11-14-3-8-16(20)9-4-14/h1-10H,11-12H2,(H,21,22)/b10-5+. The van der Waals surface area contributed by atoms with Crippen LogP contribution in [0, 0.1) is 5.82 Å². The van der Waals surface area contributed by atoms with Crippen molar-refractivity contribution >= 4 is 33.9 Å². The average molecular weight is 392 g/mol. The molecule has 0 unspecified atom stereocenters. The van der Waals surface area contributed by atoms with Gasteiger partial charge in [-0.15, -0.1) is 0 Å². The summed E-state index contributed by atoms with van der Waals surface area (Å²) in [7, 11) is 0. The molecule has 0 saturated heterocycles. The topological polar surface area (TPSA) is 55.4 Å². The van der Waals surface area contributed by atoms with Crippen molar-refractivity contribution < 1.29 is 18.7 Å². The van der Waals surface area contributed by atoms with Crippen LogP contribution in [-0.2, 0) is 20.9 Å². The highest BCUT2D eigenvalue weighted by atomic mass is 79.9. The lowest BCUT2D eigenvalue weighted by atomic mass is 10.2. The SMILES string of the molecule is O=C(COC(=O)/C=C/c1ccc(Br)cc1)NCc1ccc(F)cc1. The maximum absolute atomic E-state index is 12.8. The van der Waals surface area contributed by atoms with E-state index in [1.54, 1.807) is 18.2 Å². The van der Waals surface area contributed by atoms with Gasteiger partial charge in [-0.2, -0.15) is 0 Å². The number of carbonyl (C=O) groups is 2. The third-order valence-corrected chi connectivity index (χ3v) is 3.56. The van der Waals surface area contributed by atoms with Gasteiger partial charge in [0.05, 0.1) is 0 Å². The van der Waals surface area contributed by atoms with Crippen molar-refractivity contribution in [3.8, 4) is 0 Å². The molecule has 124 valence electrons. The molecule has 0 heterocycles. The van der Waals surface area contributed by atoms with Crippen molar-refractivity contribution in [2.45, 2.75) is 6.54 Å².